The number of aromatic nitrogens is 2. The van der Waals surface area contributed by atoms with Crippen LogP contribution in [0, 0.1) is 0 Å². The summed E-state index contributed by atoms with van der Waals surface area (Å²) in [5.74, 6) is 1.21. The summed E-state index contributed by atoms with van der Waals surface area (Å²) in [5, 5.41) is 3.56. The average Bonchev–Trinajstić information content (AvgIpc) is 2.97. The number of carbonyl (C=O) groups excluding carboxylic acids is 2. The lowest BCUT2D eigenvalue weighted by atomic mass is 9.93. The monoisotopic (exact) mass is 302 g/mol. The first-order valence-corrected chi connectivity index (χ1v) is 7.11. The van der Waals surface area contributed by atoms with Crippen LogP contribution in [0.2, 0.25) is 0 Å². The first-order valence-electron chi connectivity index (χ1n) is 7.11. The number of aldehydes is 2. The van der Waals surface area contributed by atoms with Crippen LogP contribution >= 0.6 is 0 Å². The minimum Gasteiger partial charge on any atom is -0.360 e. The molecular formula is C17H22N2O3. The summed E-state index contributed by atoms with van der Waals surface area (Å²) in [4.78, 5) is 24.4. The number of nitrogens with zero attached hydrogens (tertiary/aromatic N) is 2. The highest BCUT2D eigenvalue weighted by molar-refractivity contribution is 5.71. The molecule has 0 saturated carbocycles. The largest absolute Gasteiger partial charge is 0.360 e. The van der Waals surface area contributed by atoms with Crippen LogP contribution in [-0.4, -0.2) is 22.7 Å². The number of hydrogen-bond acceptors (Lipinski definition) is 5. The van der Waals surface area contributed by atoms with Gasteiger partial charge in [0, 0.05) is 17.7 Å². The van der Waals surface area contributed by atoms with E-state index in [4.69, 9.17) is 4.52 Å². The molecule has 5 heteroatoms. The van der Waals surface area contributed by atoms with Crippen molar-refractivity contribution < 1.29 is 14.1 Å². The highest BCUT2D eigenvalue weighted by Crippen LogP contribution is 2.21. The summed E-state index contributed by atoms with van der Waals surface area (Å²) >= 11 is 0. The van der Waals surface area contributed by atoms with E-state index in [1.165, 1.54) is 0 Å². The van der Waals surface area contributed by atoms with Gasteiger partial charge in [-0.1, -0.05) is 45.8 Å². The minimum atomic E-state index is -0.0751. The number of pyridine rings is 1. The Bertz CT molecular complexity index is 608. The smallest absolute Gasteiger partial charge is 0.171 e. The molecule has 118 valence electrons. The Kier molecular flexibility index (Phi) is 6.16. The van der Waals surface area contributed by atoms with Crippen molar-refractivity contribution in [3.63, 3.8) is 0 Å². The molecular weight excluding hydrogens is 280 g/mol. The number of hydrogen-bond donors (Lipinski definition) is 0. The van der Waals surface area contributed by atoms with Crippen LogP contribution in [0.5, 0.6) is 0 Å². The van der Waals surface area contributed by atoms with Gasteiger partial charge in [0.1, 0.15) is 17.1 Å². The minimum absolute atomic E-state index is 0.0751. The van der Waals surface area contributed by atoms with Crippen LogP contribution in [0.25, 0.3) is 0 Å². The van der Waals surface area contributed by atoms with E-state index in [2.05, 4.69) is 24.0 Å². The first kappa shape index (κ1) is 17.8. The second kappa shape index (κ2) is 7.64. The van der Waals surface area contributed by atoms with Gasteiger partial charge in [0.25, 0.3) is 0 Å². The summed E-state index contributed by atoms with van der Waals surface area (Å²) in [7, 11) is 0. The van der Waals surface area contributed by atoms with Crippen molar-refractivity contribution in [2.45, 2.75) is 46.0 Å². The molecule has 0 bridgehead atoms. The van der Waals surface area contributed by atoms with Crippen LogP contribution in [0.4, 0.5) is 0 Å². The summed E-state index contributed by atoms with van der Waals surface area (Å²) in [6.45, 7) is 10.2. The van der Waals surface area contributed by atoms with Crippen molar-refractivity contribution in [2.75, 3.05) is 0 Å². The van der Waals surface area contributed by atoms with E-state index < -0.39 is 0 Å². The van der Waals surface area contributed by atoms with Crippen molar-refractivity contribution in [2.24, 2.45) is 0 Å². The molecule has 0 aliphatic carbocycles. The zero-order valence-electron chi connectivity index (χ0n) is 13.7. The van der Waals surface area contributed by atoms with Crippen molar-refractivity contribution in [1.82, 2.24) is 10.1 Å². The van der Waals surface area contributed by atoms with E-state index >= 15 is 0 Å². The van der Waals surface area contributed by atoms with Gasteiger partial charge in [0.05, 0.1) is 0 Å². The Labute approximate surface area is 130 Å². The molecule has 2 aromatic heterocycles. The van der Waals surface area contributed by atoms with Gasteiger partial charge in [-0.2, -0.15) is 0 Å². The Morgan fingerprint density at radius 3 is 2.05 bits per heavy atom. The average molecular weight is 302 g/mol. The Morgan fingerprint density at radius 2 is 1.73 bits per heavy atom. The molecule has 22 heavy (non-hydrogen) atoms. The van der Waals surface area contributed by atoms with Gasteiger partial charge in [-0.25, -0.2) is 0 Å². The van der Waals surface area contributed by atoms with E-state index in [0.29, 0.717) is 23.6 Å². The van der Waals surface area contributed by atoms with Crippen molar-refractivity contribution in [3.8, 4) is 0 Å². The van der Waals surface area contributed by atoms with Crippen LogP contribution in [0.3, 0.4) is 0 Å². The van der Waals surface area contributed by atoms with Gasteiger partial charge in [-0.3, -0.25) is 14.6 Å². The summed E-state index contributed by atoms with van der Waals surface area (Å²) < 4.78 is 4.94. The highest BCUT2D eigenvalue weighted by Gasteiger charge is 2.19. The maximum Gasteiger partial charge on any atom is 0.171 e. The number of carbonyl (C=O) groups is 2. The molecule has 0 aliphatic heterocycles. The van der Waals surface area contributed by atoms with E-state index in [9.17, 15) is 9.59 Å². The second-order valence-corrected chi connectivity index (χ2v) is 6.27. The fraction of sp³-hybridized carbons (Fsp3) is 0.412. The zero-order chi connectivity index (χ0) is 16.8. The zero-order valence-corrected chi connectivity index (χ0v) is 13.7. The van der Waals surface area contributed by atoms with Gasteiger partial charge < -0.3 is 4.52 Å². The van der Waals surface area contributed by atoms with Crippen molar-refractivity contribution in [1.29, 1.82) is 0 Å². The van der Waals surface area contributed by atoms with E-state index in [0.717, 1.165) is 17.6 Å². The normalized spacial score (nSPS) is 10.8. The van der Waals surface area contributed by atoms with Gasteiger partial charge >= 0.3 is 0 Å². The first-order chi connectivity index (χ1) is 10.3. The highest BCUT2D eigenvalue weighted by atomic mass is 16.5. The lowest BCUT2D eigenvalue weighted by Gasteiger charge is -2.11. The van der Waals surface area contributed by atoms with E-state index in [-0.39, 0.29) is 5.41 Å². The SMILES string of the molecule is CC(C)(C)c1cc(C=O)no1.CC(C)c1ccc(C=O)nc1. The molecule has 0 saturated heterocycles. The molecule has 2 rings (SSSR count). The van der Waals surface area contributed by atoms with Gasteiger partial charge in [-0.05, 0) is 17.5 Å². The predicted octanol–water partition coefficient (Wildman–Crippen LogP) is 3.80. The summed E-state index contributed by atoms with van der Waals surface area (Å²) in [6.07, 6.45) is 3.18. The molecule has 0 fully saturated rings. The van der Waals surface area contributed by atoms with Crippen LogP contribution in [-0.2, 0) is 5.41 Å². The maximum absolute atomic E-state index is 10.2. The molecule has 0 unspecified atom stereocenters. The fourth-order valence-corrected chi connectivity index (χ4v) is 1.53. The molecule has 0 aliphatic rings. The molecule has 0 amide bonds. The van der Waals surface area contributed by atoms with Crippen LogP contribution in [0.15, 0.2) is 28.9 Å². The third kappa shape index (κ3) is 5.24. The van der Waals surface area contributed by atoms with Gasteiger partial charge in [0.15, 0.2) is 12.6 Å². The van der Waals surface area contributed by atoms with Crippen LogP contribution < -0.4 is 0 Å². The lowest BCUT2D eigenvalue weighted by molar-refractivity contribution is 0.110. The molecule has 0 spiro atoms. The van der Waals surface area contributed by atoms with Crippen molar-refractivity contribution in [3.05, 3.63) is 47.1 Å². The van der Waals surface area contributed by atoms with Gasteiger partial charge in [-0.15, -0.1) is 0 Å². The van der Waals surface area contributed by atoms with Crippen molar-refractivity contribution >= 4 is 12.6 Å². The third-order valence-corrected chi connectivity index (χ3v) is 2.98. The van der Waals surface area contributed by atoms with Gasteiger partial charge in [0.2, 0.25) is 0 Å². The quantitative estimate of drug-likeness (QED) is 0.806. The molecule has 0 aromatic carbocycles. The summed E-state index contributed by atoms with van der Waals surface area (Å²) in [6, 6.07) is 5.33. The standard InChI is InChI=1S/C9H11NO.C8H11NO2/c1-7(2)8-3-4-9(6-11)10-5-8;1-8(2,3)7-4-6(5-10)9-11-7/h3-7H,1-2H3;4-5H,1-3H3. The Hall–Kier alpha value is -2.30. The fourth-order valence-electron chi connectivity index (χ4n) is 1.53. The number of rotatable bonds is 3. The maximum atomic E-state index is 10.2. The molecule has 2 aromatic rings. The molecule has 0 atom stereocenters. The molecule has 0 N–H and O–H groups in total. The molecule has 2 heterocycles. The Balaban J connectivity index is 0.000000220. The third-order valence-electron chi connectivity index (χ3n) is 2.98. The Morgan fingerprint density at radius 1 is 1.09 bits per heavy atom. The lowest BCUT2D eigenvalue weighted by Crippen LogP contribution is -2.09. The molecule has 5 nitrogen and oxygen atoms in total. The molecule has 0 radical (unpaired) electrons. The summed E-state index contributed by atoms with van der Waals surface area (Å²) in [5.41, 5.74) is 1.94. The van der Waals surface area contributed by atoms with Crippen LogP contribution in [0.1, 0.15) is 72.8 Å². The predicted molar refractivity (Wildman–Crippen MR) is 84.3 cm³/mol. The van der Waals surface area contributed by atoms with E-state index in [1.54, 1.807) is 18.3 Å². The van der Waals surface area contributed by atoms with E-state index in [1.807, 2.05) is 26.8 Å². The second-order valence-electron chi connectivity index (χ2n) is 6.27. The topological polar surface area (TPSA) is 73.1 Å².